The zero-order chi connectivity index (χ0) is 18.0. The molecule has 9 heteroatoms. The van der Waals surface area contributed by atoms with Crippen LogP contribution in [-0.2, 0) is 14.8 Å². The minimum absolute atomic E-state index is 0.00269. The minimum atomic E-state index is -3.74. The number of hydrogen-bond donors (Lipinski definition) is 2. The maximum atomic E-state index is 12.2. The van der Waals surface area contributed by atoms with E-state index in [0.717, 1.165) is 15.3 Å². The number of nitrogens with one attached hydrogen (secondary N) is 1. The van der Waals surface area contributed by atoms with Crippen LogP contribution in [0.15, 0.2) is 53.4 Å². The number of carbonyl (C=O) groups is 1. The fraction of sp³-hybridized carbons (Fsp3) is 0.125. The Balaban J connectivity index is 1.65. The number of aromatic nitrogens is 1. The molecular weight excluding hydrogens is 360 g/mol. The second kappa shape index (κ2) is 6.79. The lowest BCUT2D eigenvalue weighted by Crippen LogP contribution is -2.29. The van der Waals surface area contributed by atoms with Crippen molar-refractivity contribution >= 4 is 48.3 Å². The van der Waals surface area contributed by atoms with Gasteiger partial charge in [-0.05, 0) is 36.4 Å². The summed E-state index contributed by atoms with van der Waals surface area (Å²) in [7, 11) is -1.95. The van der Waals surface area contributed by atoms with Crippen LogP contribution in [0, 0.1) is 0 Å². The molecule has 0 spiro atoms. The summed E-state index contributed by atoms with van der Waals surface area (Å²) in [6.45, 7) is 0.122. The van der Waals surface area contributed by atoms with Crippen molar-refractivity contribution in [1.82, 2.24) is 4.98 Å². The molecule has 1 aromatic heterocycles. The highest BCUT2D eigenvalue weighted by molar-refractivity contribution is 7.89. The molecule has 130 valence electrons. The van der Waals surface area contributed by atoms with E-state index in [1.165, 1.54) is 35.6 Å². The molecule has 0 saturated carbocycles. The number of primary sulfonamides is 1. The number of amides is 1. The molecule has 25 heavy (non-hydrogen) atoms. The van der Waals surface area contributed by atoms with Crippen LogP contribution in [-0.4, -0.2) is 32.9 Å². The Morgan fingerprint density at radius 1 is 1.20 bits per heavy atom. The summed E-state index contributed by atoms with van der Waals surface area (Å²) in [6, 6.07) is 13.5. The highest BCUT2D eigenvalue weighted by atomic mass is 32.2. The van der Waals surface area contributed by atoms with E-state index >= 15 is 0 Å². The van der Waals surface area contributed by atoms with Gasteiger partial charge in [0.25, 0.3) is 0 Å². The molecule has 3 N–H and O–H groups in total. The standard InChI is InChI=1S/C16H16N4O3S2/c1-20(16-19-13-4-2-3-5-14(13)24-16)10-15(21)18-11-6-8-12(9-7-11)25(17,22)23/h2-9H,10H2,1H3,(H,18,21)(H2,17,22,23). The summed E-state index contributed by atoms with van der Waals surface area (Å²) >= 11 is 1.51. The summed E-state index contributed by atoms with van der Waals surface area (Å²) in [5.74, 6) is -0.231. The Morgan fingerprint density at radius 3 is 2.52 bits per heavy atom. The average Bonchev–Trinajstić information content (AvgIpc) is 2.98. The number of anilines is 2. The zero-order valence-electron chi connectivity index (χ0n) is 13.3. The summed E-state index contributed by atoms with van der Waals surface area (Å²) in [5, 5.41) is 8.51. The van der Waals surface area contributed by atoms with Crippen molar-refractivity contribution in [3.63, 3.8) is 0 Å². The number of fused-ring (bicyclic) bond motifs is 1. The van der Waals surface area contributed by atoms with Crippen molar-refractivity contribution in [2.45, 2.75) is 4.90 Å². The first-order valence-corrected chi connectivity index (χ1v) is 9.68. The lowest BCUT2D eigenvalue weighted by molar-refractivity contribution is -0.114. The van der Waals surface area contributed by atoms with Crippen molar-refractivity contribution in [3.8, 4) is 0 Å². The fourth-order valence-corrected chi connectivity index (χ4v) is 3.68. The van der Waals surface area contributed by atoms with Crippen molar-refractivity contribution in [2.24, 2.45) is 5.14 Å². The van der Waals surface area contributed by atoms with Crippen molar-refractivity contribution in [3.05, 3.63) is 48.5 Å². The lowest BCUT2D eigenvalue weighted by atomic mass is 10.3. The SMILES string of the molecule is CN(CC(=O)Nc1ccc(S(N)(=O)=O)cc1)c1nc2ccccc2s1. The molecule has 1 heterocycles. The Hall–Kier alpha value is -2.49. The summed E-state index contributed by atoms with van der Waals surface area (Å²) in [6.07, 6.45) is 0. The molecule has 2 aromatic carbocycles. The van der Waals surface area contributed by atoms with E-state index in [9.17, 15) is 13.2 Å². The van der Waals surface area contributed by atoms with Gasteiger partial charge < -0.3 is 10.2 Å². The number of likely N-dealkylation sites (N-methyl/N-ethyl adjacent to an activating group) is 1. The van der Waals surface area contributed by atoms with Gasteiger partial charge in [-0.1, -0.05) is 23.5 Å². The van der Waals surface area contributed by atoms with Gasteiger partial charge in [-0.25, -0.2) is 18.5 Å². The number of para-hydroxylation sites is 1. The van der Waals surface area contributed by atoms with E-state index in [1.807, 2.05) is 24.3 Å². The Labute approximate surface area is 149 Å². The molecule has 0 fully saturated rings. The van der Waals surface area contributed by atoms with Crippen LogP contribution < -0.4 is 15.4 Å². The highest BCUT2D eigenvalue weighted by Crippen LogP contribution is 2.27. The average molecular weight is 376 g/mol. The summed E-state index contributed by atoms with van der Waals surface area (Å²) < 4.78 is 23.5. The molecule has 0 aliphatic rings. The van der Waals surface area contributed by atoms with Gasteiger partial charge in [-0.15, -0.1) is 0 Å². The molecule has 7 nitrogen and oxygen atoms in total. The smallest absolute Gasteiger partial charge is 0.243 e. The third-order valence-electron chi connectivity index (χ3n) is 3.46. The molecule has 0 aliphatic carbocycles. The molecule has 3 aromatic rings. The molecule has 0 aliphatic heterocycles. The lowest BCUT2D eigenvalue weighted by Gasteiger charge is -2.15. The van der Waals surface area contributed by atoms with Crippen molar-refractivity contribution < 1.29 is 13.2 Å². The summed E-state index contributed by atoms with van der Waals surface area (Å²) in [5.41, 5.74) is 1.39. The summed E-state index contributed by atoms with van der Waals surface area (Å²) in [4.78, 5) is 18.4. The molecular formula is C16H16N4O3S2. The Bertz CT molecular complexity index is 980. The van der Waals surface area contributed by atoms with Gasteiger partial charge in [0.15, 0.2) is 5.13 Å². The molecule has 0 saturated heterocycles. The van der Waals surface area contributed by atoms with Crippen molar-refractivity contribution in [2.75, 3.05) is 23.8 Å². The molecule has 0 atom stereocenters. The van der Waals surface area contributed by atoms with Crippen LogP contribution in [0.4, 0.5) is 10.8 Å². The molecule has 0 radical (unpaired) electrons. The number of sulfonamides is 1. The van der Waals surface area contributed by atoms with Crippen LogP contribution in [0.5, 0.6) is 0 Å². The normalized spacial score (nSPS) is 11.4. The second-order valence-corrected chi connectivity index (χ2v) is 8.01. The van der Waals surface area contributed by atoms with Crippen LogP contribution >= 0.6 is 11.3 Å². The topological polar surface area (TPSA) is 105 Å². The predicted octanol–water partition coefficient (Wildman–Crippen LogP) is 2.02. The van der Waals surface area contributed by atoms with E-state index in [0.29, 0.717) is 5.69 Å². The molecule has 1 amide bonds. The number of rotatable bonds is 5. The number of nitrogens with zero attached hydrogens (tertiary/aromatic N) is 2. The first-order valence-electron chi connectivity index (χ1n) is 7.32. The first kappa shape index (κ1) is 17.3. The van der Waals surface area contributed by atoms with E-state index in [2.05, 4.69) is 10.3 Å². The van der Waals surface area contributed by atoms with Gasteiger partial charge in [0.05, 0.1) is 21.7 Å². The van der Waals surface area contributed by atoms with Crippen LogP contribution in [0.25, 0.3) is 10.2 Å². The van der Waals surface area contributed by atoms with Crippen molar-refractivity contribution in [1.29, 1.82) is 0 Å². The van der Waals surface area contributed by atoms with Crippen LogP contribution in [0.2, 0.25) is 0 Å². The maximum absolute atomic E-state index is 12.2. The van der Waals surface area contributed by atoms with Gasteiger partial charge in [-0.2, -0.15) is 0 Å². The van der Waals surface area contributed by atoms with Gasteiger partial charge in [0.1, 0.15) is 0 Å². The third-order valence-corrected chi connectivity index (χ3v) is 5.54. The monoisotopic (exact) mass is 376 g/mol. The molecule has 3 rings (SSSR count). The zero-order valence-corrected chi connectivity index (χ0v) is 15.0. The number of benzene rings is 2. The number of carbonyl (C=O) groups excluding carboxylic acids is 1. The van der Waals surface area contributed by atoms with E-state index in [-0.39, 0.29) is 17.3 Å². The fourth-order valence-electron chi connectivity index (χ4n) is 2.23. The van der Waals surface area contributed by atoms with Gasteiger partial charge in [0.2, 0.25) is 15.9 Å². The van der Waals surface area contributed by atoms with Gasteiger partial charge >= 0.3 is 0 Å². The minimum Gasteiger partial charge on any atom is -0.342 e. The quantitative estimate of drug-likeness (QED) is 0.709. The largest absolute Gasteiger partial charge is 0.342 e. The molecule has 0 bridgehead atoms. The Kier molecular flexibility index (Phi) is 4.71. The van der Waals surface area contributed by atoms with E-state index in [1.54, 1.807) is 11.9 Å². The number of thiazole rings is 1. The van der Waals surface area contributed by atoms with Crippen LogP contribution in [0.3, 0.4) is 0 Å². The van der Waals surface area contributed by atoms with Gasteiger partial charge in [0, 0.05) is 12.7 Å². The maximum Gasteiger partial charge on any atom is 0.243 e. The number of hydrogen-bond acceptors (Lipinski definition) is 6. The predicted molar refractivity (Wildman–Crippen MR) is 99.3 cm³/mol. The number of nitrogens with two attached hydrogens (primary N) is 1. The van der Waals surface area contributed by atoms with Gasteiger partial charge in [-0.3, -0.25) is 4.79 Å². The third kappa shape index (κ3) is 4.13. The first-order chi connectivity index (χ1) is 11.8. The molecule has 0 unspecified atom stereocenters. The Morgan fingerprint density at radius 2 is 1.88 bits per heavy atom. The van der Waals surface area contributed by atoms with E-state index in [4.69, 9.17) is 5.14 Å². The highest BCUT2D eigenvalue weighted by Gasteiger charge is 2.13. The second-order valence-electron chi connectivity index (χ2n) is 5.44. The van der Waals surface area contributed by atoms with Crippen LogP contribution in [0.1, 0.15) is 0 Å². The van der Waals surface area contributed by atoms with E-state index < -0.39 is 10.0 Å².